The quantitative estimate of drug-likeness (QED) is 0.481. The van der Waals surface area contributed by atoms with E-state index in [4.69, 9.17) is 20.9 Å². The fourth-order valence-electron chi connectivity index (χ4n) is 1.35. The van der Waals surface area contributed by atoms with E-state index in [-0.39, 0.29) is 11.5 Å². The van der Waals surface area contributed by atoms with Gasteiger partial charge in [-0.2, -0.15) is 0 Å². The normalized spacial score (nSPS) is 9.78. The zero-order valence-corrected chi connectivity index (χ0v) is 9.50. The van der Waals surface area contributed by atoms with Gasteiger partial charge in [0.15, 0.2) is 11.5 Å². The molecule has 18 heavy (non-hydrogen) atoms. The molecule has 92 valence electrons. The van der Waals surface area contributed by atoms with Gasteiger partial charge in [-0.1, -0.05) is 24.3 Å². The van der Waals surface area contributed by atoms with Crippen LogP contribution in [0.2, 0.25) is 0 Å². The number of rotatable bonds is 2. The van der Waals surface area contributed by atoms with Crippen LogP contribution in [-0.4, -0.2) is 6.16 Å². The number of carbonyl (C=O) groups excluding carboxylic acids is 1. The van der Waals surface area contributed by atoms with Gasteiger partial charge in [-0.25, -0.2) is 4.79 Å². The van der Waals surface area contributed by atoms with Crippen molar-refractivity contribution in [3.63, 3.8) is 0 Å². The van der Waals surface area contributed by atoms with Crippen LogP contribution in [0.3, 0.4) is 0 Å². The monoisotopic (exact) mass is 244 g/mol. The molecule has 0 unspecified atom stereocenters. The number of hydrogen-bond donors (Lipinski definition) is 2. The first-order valence-corrected chi connectivity index (χ1v) is 5.25. The van der Waals surface area contributed by atoms with Crippen molar-refractivity contribution >= 4 is 17.5 Å². The van der Waals surface area contributed by atoms with Gasteiger partial charge < -0.3 is 20.9 Å². The summed E-state index contributed by atoms with van der Waals surface area (Å²) in [7, 11) is 0. The Morgan fingerprint density at radius 2 is 1.17 bits per heavy atom. The lowest BCUT2D eigenvalue weighted by atomic mass is 10.3. The van der Waals surface area contributed by atoms with Crippen molar-refractivity contribution in [2.24, 2.45) is 0 Å². The standard InChI is InChI=1S/C13H12N2O3/c14-9-5-1-3-7-11(9)17-13(16)18-12-8-4-2-6-10(12)15/h1-8H,14-15H2. The van der Waals surface area contributed by atoms with Crippen molar-refractivity contribution in [3.8, 4) is 11.5 Å². The van der Waals surface area contributed by atoms with Crippen molar-refractivity contribution in [2.45, 2.75) is 0 Å². The summed E-state index contributed by atoms with van der Waals surface area (Å²) in [5.74, 6) is 0.494. The van der Waals surface area contributed by atoms with Crippen LogP contribution in [0.4, 0.5) is 16.2 Å². The number of nitrogen functional groups attached to an aromatic ring is 2. The molecule has 2 rings (SSSR count). The highest BCUT2D eigenvalue weighted by Gasteiger charge is 2.11. The van der Waals surface area contributed by atoms with Gasteiger partial charge in [-0.3, -0.25) is 0 Å². The minimum Gasteiger partial charge on any atom is -0.396 e. The Morgan fingerprint density at radius 3 is 1.56 bits per heavy atom. The first-order chi connectivity index (χ1) is 8.66. The van der Waals surface area contributed by atoms with E-state index in [0.29, 0.717) is 11.4 Å². The molecular weight excluding hydrogens is 232 g/mol. The molecule has 2 aromatic rings. The first kappa shape index (κ1) is 11.8. The van der Waals surface area contributed by atoms with Crippen LogP contribution >= 0.6 is 0 Å². The molecule has 0 aliphatic heterocycles. The van der Waals surface area contributed by atoms with Crippen molar-refractivity contribution in [1.29, 1.82) is 0 Å². The van der Waals surface area contributed by atoms with Gasteiger partial charge >= 0.3 is 6.16 Å². The maximum Gasteiger partial charge on any atom is 0.519 e. The molecule has 0 aliphatic rings. The number of ether oxygens (including phenoxy) is 2. The Hall–Kier alpha value is -2.69. The van der Waals surface area contributed by atoms with Gasteiger partial charge in [0.25, 0.3) is 0 Å². The fraction of sp³-hybridized carbons (Fsp3) is 0. The highest BCUT2D eigenvalue weighted by atomic mass is 16.7. The molecule has 0 aliphatic carbocycles. The van der Waals surface area contributed by atoms with E-state index < -0.39 is 6.16 Å². The van der Waals surface area contributed by atoms with E-state index in [1.54, 1.807) is 48.5 Å². The molecular formula is C13H12N2O3. The summed E-state index contributed by atoms with van der Waals surface area (Å²) < 4.78 is 9.92. The van der Waals surface area contributed by atoms with Crippen LogP contribution in [0.1, 0.15) is 0 Å². The lowest BCUT2D eigenvalue weighted by Gasteiger charge is -2.08. The lowest BCUT2D eigenvalue weighted by molar-refractivity contribution is 0.152. The van der Waals surface area contributed by atoms with E-state index in [0.717, 1.165) is 0 Å². The van der Waals surface area contributed by atoms with Gasteiger partial charge in [0, 0.05) is 0 Å². The van der Waals surface area contributed by atoms with Crippen LogP contribution in [0.5, 0.6) is 11.5 Å². The zero-order valence-electron chi connectivity index (χ0n) is 9.50. The smallest absolute Gasteiger partial charge is 0.396 e. The Kier molecular flexibility index (Phi) is 3.33. The third-order valence-electron chi connectivity index (χ3n) is 2.22. The summed E-state index contributed by atoms with van der Waals surface area (Å²) in [6.07, 6.45) is -0.884. The summed E-state index contributed by atoms with van der Waals surface area (Å²) in [6.45, 7) is 0. The lowest BCUT2D eigenvalue weighted by Crippen LogP contribution is -2.15. The van der Waals surface area contributed by atoms with Gasteiger partial charge in [0.05, 0.1) is 11.4 Å². The minimum atomic E-state index is -0.884. The highest BCUT2D eigenvalue weighted by Crippen LogP contribution is 2.23. The Bertz CT molecular complexity index is 520. The third kappa shape index (κ3) is 2.70. The predicted molar refractivity (Wildman–Crippen MR) is 68.4 cm³/mol. The summed E-state index contributed by atoms with van der Waals surface area (Å²) in [5.41, 5.74) is 12.0. The molecule has 2 aromatic carbocycles. The summed E-state index contributed by atoms with van der Waals surface area (Å²) >= 11 is 0. The summed E-state index contributed by atoms with van der Waals surface area (Å²) in [5, 5.41) is 0. The van der Waals surface area contributed by atoms with Crippen LogP contribution in [0, 0.1) is 0 Å². The molecule has 5 nitrogen and oxygen atoms in total. The summed E-state index contributed by atoms with van der Waals surface area (Å²) in [6, 6.07) is 13.3. The van der Waals surface area contributed by atoms with E-state index in [1.165, 1.54) is 0 Å². The fourth-order valence-corrected chi connectivity index (χ4v) is 1.35. The van der Waals surface area contributed by atoms with Crippen LogP contribution in [-0.2, 0) is 0 Å². The molecule has 0 amide bonds. The van der Waals surface area contributed by atoms with Gasteiger partial charge in [0.2, 0.25) is 0 Å². The second-order valence-electron chi connectivity index (χ2n) is 3.53. The Labute approximate surface area is 104 Å². The average molecular weight is 244 g/mol. The number of hydrogen-bond acceptors (Lipinski definition) is 5. The number of nitrogens with two attached hydrogens (primary N) is 2. The van der Waals surface area contributed by atoms with Crippen molar-refractivity contribution < 1.29 is 14.3 Å². The van der Waals surface area contributed by atoms with Crippen LogP contribution < -0.4 is 20.9 Å². The number of benzene rings is 2. The predicted octanol–water partition coefficient (Wildman–Crippen LogP) is 2.43. The van der Waals surface area contributed by atoms with Gasteiger partial charge in [0.1, 0.15) is 0 Å². The maximum absolute atomic E-state index is 11.5. The van der Waals surface area contributed by atoms with Crippen molar-refractivity contribution in [2.75, 3.05) is 11.5 Å². The molecule has 0 saturated carbocycles. The first-order valence-electron chi connectivity index (χ1n) is 5.25. The molecule has 0 aromatic heterocycles. The Morgan fingerprint density at radius 1 is 0.778 bits per heavy atom. The van der Waals surface area contributed by atoms with Crippen molar-refractivity contribution in [3.05, 3.63) is 48.5 Å². The molecule has 0 fully saturated rings. The SMILES string of the molecule is Nc1ccccc1OC(=O)Oc1ccccc1N. The number of anilines is 2. The minimum absolute atomic E-state index is 0.247. The van der Waals surface area contributed by atoms with Crippen LogP contribution in [0.25, 0.3) is 0 Å². The summed E-state index contributed by atoms with van der Waals surface area (Å²) in [4.78, 5) is 11.5. The Balaban J connectivity index is 2.06. The van der Waals surface area contributed by atoms with E-state index >= 15 is 0 Å². The second-order valence-corrected chi connectivity index (χ2v) is 3.53. The molecule has 0 atom stereocenters. The van der Waals surface area contributed by atoms with Gasteiger partial charge in [-0.05, 0) is 24.3 Å². The van der Waals surface area contributed by atoms with Gasteiger partial charge in [-0.15, -0.1) is 0 Å². The average Bonchev–Trinajstić information content (AvgIpc) is 2.35. The third-order valence-corrected chi connectivity index (χ3v) is 2.22. The number of carbonyl (C=O) groups is 1. The maximum atomic E-state index is 11.5. The molecule has 5 heteroatoms. The molecule has 4 N–H and O–H groups in total. The highest BCUT2D eigenvalue weighted by molar-refractivity contribution is 5.72. The van der Waals surface area contributed by atoms with E-state index in [1.807, 2.05) is 0 Å². The molecule has 0 bridgehead atoms. The van der Waals surface area contributed by atoms with E-state index in [2.05, 4.69) is 0 Å². The zero-order chi connectivity index (χ0) is 13.0. The molecule has 0 spiro atoms. The molecule has 0 saturated heterocycles. The number of para-hydroxylation sites is 4. The van der Waals surface area contributed by atoms with E-state index in [9.17, 15) is 4.79 Å². The van der Waals surface area contributed by atoms with Crippen LogP contribution in [0.15, 0.2) is 48.5 Å². The largest absolute Gasteiger partial charge is 0.519 e. The topological polar surface area (TPSA) is 87.6 Å². The second kappa shape index (κ2) is 5.09. The molecule has 0 heterocycles. The van der Waals surface area contributed by atoms with Crippen molar-refractivity contribution in [1.82, 2.24) is 0 Å². The molecule has 0 radical (unpaired) electrons.